The molecule has 1 aliphatic carbocycles. The molecular formula is C24H27F3O2. The molecule has 1 saturated carbocycles. The van der Waals surface area contributed by atoms with Crippen LogP contribution in [0.25, 0.3) is 0 Å². The highest BCUT2D eigenvalue weighted by atomic mass is 19.1. The van der Waals surface area contributed by atoms with Crippen LogP contribution in [0.4, 0.5) is 13.2 Å². The van der Waals surface area contributed by atoms with E-state index in [9.17, 15) is 18.0 Å². The molecule has 0 aliphatic heterocycles. The molecule has 0 saturated heterocycles. The minimum absolute atomic E-state index is 0.0237. The lowest BCUT2D eigenvalue weighted by atomic mass is 9.74. The summed E-state index contributed by atoms with van der Waals surface area (Å²) in [6.45, 7) is 4.35. The normalized spacial score (nSPS) is 20.3. The Balaban J connectivity index is 1.67. The van der Waals surface area contributed by atoms with Gasteiger partial charge in [-0.25, -0.2) is 18.0 Å². The van der Waals surface area contributed by atoms with Gasteiger partial charge in [-0.3, -0.25) is 0 Å². The Morgan fingerprint density at radius 1 is 1.03 bits per heavy atom. The number of hydrogen-bond acceptors (Lipinski definition) is 2. The maximum atomic E-state index is 14.5. The van der Waals surface area contributed by atoms with Crippen LogP contribution in [0.3, 0.4) is 0 Å². The number of carbonyl (C=O) groups is 1. The Bertz CT molecular complexity index is 817. The van der Waals surface area contributed by atoms with E-state index in [0.717, 1.165) is 30.9 Å². The molecule has 2 aromatic carbocycles. The summed E-state index contributed by atoms with van der Waals surface area (Å²) in [6, 6.07) is 7.11. The van der Waals surface area contributed by atoms with Crippen molar-refractivity contribution in [1.29, 1.82) is 0 Å². The van der Waals surface area contributed by atoms with Crippen LogP contribution in [-0.2, 0) is 6.42 Å². The number of halogens is 3. The van der Waals surface area contributed by atoms with Gasteiger partial charge in [0.15, 0.2) is 0 Å². The Morgan fingerprint density at radius 3 is 2.17 bits per heavy atom. The van der Waals surface area contributed by atoms with Crippen LogP contribution in [-0.4, -0.2) is 5.97 Å². The van der Waals surface area contributed by atoms with Crippen molar-refractivity contribution in [3.8, 4) is 5.75 Å². The first-order chi connectivity index (χ1) is 13.9. The number of benzene rings is 2. The minimum atomic E-state index is -1.14. The van der Waals surface area contributed by atoms with Gasteiger partial charge in [-0.1, -0.05) is 33.1 Å². The highest BCUT2D eigenvalue weighted by Crippen LogP contribution is 2.36. The fraction of sp³-hybridized carbons (Fsp3) is 0.458. The summed E-state index contributed by atoms with van der Waals surface area (Å²) < 4.78 is 46.9. The van der Waals surface area contributed by atoms with E-state index >= 15 is 0 Å². The van der Waals surface area contributed by atoms with Crippen LogP contribution in [0, 0.1) is 35.2 Å². The molecule has 2 nitrogen and oxygen atoms in total. The Morgan fingerprint density at radius 2 is 1.62 bits per heavy atom. The molecule has 0 heterocycles. The lowest BCUT2D eigenvalue weighted by Crippen LogP contribution is -2.21. The van der Waals surface area contributed by atoms with E-state index in [4.69, 9.17) is 4.74 Å². The Hall–Kier alpha value is -2.30. The van der Waals surface area contributed by atoms with Gasteiger partial charge in [0.05, 0.1) is 0 Å². The van der Waals surface area contributed by atoms with Crippen molar-refractivity contribution in [2.75, 3.05) is 0 Å². The molecule has 5 heteroatoms. The smallest absolute Gasteiger partial charge is 0.349 e. The van der Waals surface area contributed by atoms with Crippen LogP contribution in [0.1, 0.15) is 61.9 Å². The van der Waals surface area contributed by atoms with E-state index in [1.165, 1.54) is 43.5 Å². The number of carbonyl (C=O) groups excluding carboxylic acids is 1. The first kappa shape index (κ1) is 21.4. The summed E-state index contributed by atoms with van der Waals surface area (Å²) in [7, 11) is 0. The second kappa shape index (κ2) is 9.47. The van der Waals surface area contributed by atoms with Gasteiger partial charge in [0.25, 0.3) is 0 Å². The van der Waals surface area contributed by atoms with E-state index in [1.807, 2.05) is 0 Å². The van der Waals surface area contributed by atoms with Crippen LogP contribution < -0.4 is 4.74 Å². The zero-order valence-electron chi connectivity index (χ0n) is 16.9. The average molecular weight is 404 g/mol. The summed E-state index contributed by atoms with van der Waals surface area (Å²) in [5.74, 6) is -1.79. The molecule has 0 N–H and O–H groups in total. The monoisotopic (exact) mass is 404 g/mol. The molecule has 29 heavy (non-hydrogen) atoms. The molecule has 1 unspecified atom stereocenters. The number of rotatable bonds is 6. The molecule has 0 spiro atoms. The largest absolute Gasteiger partial charge is 0.423 e. The van der Waals surface area contributed by atoms with Crippen LogP contribution in [0.15, 0.2) is 36.4 Å². The fourth-order valence-corrected chi connectivity index (χ4v) is 4.30. The van der Waals surface area contributed by atoms with Gasteiger partial charge in [0.2, 0.25) is 0 Å². The van der Waals surface area contributed by atoms with Gasteiger partial charge >= 0.3 is 5.97 Å². The molecule has 1 fully saturated rings. The van der Waals surface area contributed by atoms with Crippen molar-refractivity contribution in [2.45, 2.75) is 52.4 Å². The Labute approximate surface area is 170 Å². The zero-order chi connectivity index (χ0) is 21.0. The third kappa shape index (κ3) is 5.40. The van der Waals surface area contributed by atoms with E-state index in [0.29, 0.717) is 23.8 Å². The maximum Gasteiger partial charge on any atom is 0.349 e. The minimum Gasteiger partial charge on any atom is -0.423 e. The summed E-state index contributed by atoms with van der Waals surface area (Å²) >= 11 is 0. The molecule has 0 bridgehead atoms. The molecular weight excluding hydrogens is 377 g/mol. The van der Waals surface area contributed by atoms with Crippen molar-refractivity contribution >= 4 is 5.97 Å². The van der Waals surface area contributed by atoms with E-state index in [2.05, 4.69) is 13.8 Å². The number of hydrogen-bond donors (Lipinski definition) is 0. The first-order valence-corrected chi connectivity index (χ1v) is 10.3. The Kier molecular flexibility index (Phi) is 6.99. The predicted molar refractivity (Wildman–Crippen MR) is 106 cm³/mol. The first-order valence-electron chi connectivity index (χ1n) is 10.3. The summed E-state index contributed by atoms with van der Waals surface area (Å²) in [6.07, 6.45) is 6.56. The summed E-state index contributed by atoms with van der Waals surface area (Å²) in [5.41, 5.74) is -0.183. The van der Waals surface area contributed by atoms with Gasteiger partial charge in [0.1, 0.15) is 28.8 Å². The lowest BCUT2D eigenvalue weighted by Gasteiger charge is -2.32. The summed E-state index contributed by atoms with van der Waals surface area (Å²) in [5, 5.41) is 0. The van der Waals surface area contributed by atoms with Gasteiger partial charge in [0, 0.05) is 0 Å². The highest BCUT2D eigenvalue weighted by Gasteiger charge is 2.26. The zero-order valence-corrected chi connectivity index (χ0v) is 16.9. The molecule has 1 aliphatic rings. The molecule has 156 valence electrons. The standard InChI is InChI=1S/C24H27F3O2/c1-3-16-4-6-18(7-5-16)15(2)12-17-13-21(26)23(22(27)14-17)24(28)29-20-10-8-19(25)9-11-20/h8-11,13-16,18H,3-7,12H2,1-2H3. The topological polar surface area (TPSA) is 26.3 Å². The van der Waals surface area contributed by atoms with Crippen molar-refractivity contribution in [2.24, 2.45) is 17.8 Å². The quantitative estimate of drug-likeness (QED) is 0.395. The lowest BCUT2D eigenvalue weighted by molar-refractivity contribution is 0.0724. The third-order valence-corrected chi connectivity index (χ3v) is 6.16. The predicted octanol–water partition coefficient (Wildman–Crippen LogP) is 6.72. The van der Waals surface area contributed by atoms with Crippen molar-refractivity contribution in [1.82, 2.24) is 0 Å². The highest BCUT2D eigenvalue weighted by molar-refractivity contribution is 5.91. The molecule has 3 rings (SSSR count). The van der Waals surface area contributed by atoms with E-state index in [-0.39, 0.29) is 5.75 Å². The number of ether oxygens (including phenoxy) is 1. The average Bonchev–Trinajstić information content (AvgIpc) is 2.69. The van der Waals surface area contributed by atoms with Gasteiger partial charge in [-0.15, -0.1) is 0 Å². The third-order valence-electron chi connectivity index (χ3n) is 6.16. The summed E-state index contributed by atoms with van der Waals surface area (Å²) in [4.78, 5) is 12.2. The van der Waals surface area contributed by atoms with Gasteiger partial charge in [-0.05, 0) is 79.0 Å². The van der Waals surface area contributed by atoms with Crippen LogP contribution in [0.2, 0.25) is 0 Å². The molecule has 1 atom stereocenters. The second-order valence-corrected chi connectivity index (χ2v) is 8.15. The maximum absolute atomic E-state index is 14.5. The molecule has 0 amide bonds. The van der Waals surface area contributed by atoms with Crippen LogP contribution >= 0.6 is 0 Å². The molecule has 0 aromatic heterocycles. The molecule has 0 radical (unpaired) electrons. The fourth-order valence-electron chi connectivity index (χ4n) is 4.30. The van der Waals surface area contributed by atoms with Crippen molar-refractivity contribution < 1.29 is 22.7 Å². The molecule has 2 aromatic rings. The SMILES string of the molecule is CCC1CCC(C(C)Cc2cc(F)c(C(=O)Oc3ccc(F)cc3)c(F)c2)CC1. The van der Waals surface area contributed by atoms with Crippen molar-refractivity contribution in [3.63, 3.8) is 0 Å². The van der Waals surface area contributed by atoms with Crippen molar-refractivity contribution in [3.05, 3.63) is 65.0 Å². The van der Waals surface area contributed by atoms with Gasteiger partial charge in [-0.2, -0.15) is 0 Å². The van der Waals surface area contributed by atoms with Crippen LogP contribution in [0.5, 0.6) is 5.75 Å². The van der Waals surface area contributed by atoms with E-state index in [1.54, 1.807) is 0 Å². The second-order valence-electron chi connectivity index (χ2n) is 8.15. The van der Waals surface area contributed by atoms with Gasteiger partial charge < -0.3 is 4.74 Å². The van der Waals surface area contributed by atoms with E-state index < -0.39 is 29.0 Å². The number of esters is 1.